The molecule has 0 aromatic heterocycles. The van der Waals surface area contributed by atoms with Crippen LogP contribution in [0.1, 0.15) is 47.2 Å². The number of nitrogens with zero attached hydrogens (tertiary/aromatic N) is 1. The first kappa shape index (κ1) is 13.7. The van der Waals surface area contributed by atoms with Gasteiger partial charge < -0.3 is 4.90 Å². The zero-order valence-electron chi connectivity index (χ0n) is 11.8. The zero-order chi connectivity index (χ0) is 14.1. The number of anilines is 1. The number of Topliss-reactive ketones (excluding diaryl/α,β-unsaturated/α-hetero) is 1. The van der Waals surface area contributed by atoms with Crippen LogP contribution >= 0.6 is 11.6 Å². The summed E-state index contributed by atoms with van der Waals surface area (Å²) in [6, 6.07) is 4.20. The number of unbranched alkanes of at least 4 members (excludes halogenated alkanes) is 1. The van der Waals surface area contributed by atoms with Gasteiger partial charge in [-0.2, -0.15) is 0 Å². The van der Waals surface area contributed by atoms with Gasteiger partial charge in [-0.05, 0) is 55.4 Å². The van der Waals surface area contributed by atoms with Crippen LogP contribution in [-0.4, -0.2) is 18.2 Å². The Morgan fingerprint density at radius 2 is 1.95 bits per heavy atom. The molecule has 0 N–H and O–H groups in total. The average Bonchev–Trinajstić information content (AvgIpc) is 2.88. The number of rotatable bonds is 5. The van der Waals surface area contributed by atoms with Crippen LogP contribution in [0.15, 0.2) is 24.4 Å². The number of aryl methyl sites for hydroxylation is 1. The first-order valence-electron chi connectivity index (χ1n) is 7.41. The van der Waals surface area contributed by atoms with Crippen molar-refractivity contribution in [2.45, 2.75) is 38.5 Å². The van der Waals surface area contributed by atoms with Gasteiger partial charge in [-0.3, -0.25) is 4.79 Å². The van der Waals surface area contributed by atoms with E-state index in [1.165, 1.54) is 22.5 Å². The molecule has 0 fully saturated rings. The molecule has 0 aliphatic carbocycles. The fourth-order valence-corrected chi connectivity index (χ4v) is 3.44. The third kappa shape index (κ3) is 2.37. The third-order valence-corrected chi connectivity index (χ3v) is 4.58. The van der Waals surface area contributed by atoms with Crippen molar-refractivity contribution in [2.75, 3.05) is 17.3 Å². The number of alkyl halides is 1. The summed E-state index contributed by atoms with van der Waals surface area (Å²) in [6.45, 7) is 5.17. The van der Waals surface area contributed by atoms with E-state index in [9.17, 15) is 4.79 Å². The standard InChI is InChI=1S/C17H20ClNO/c1-12-5-6-13-10-15(16(20)4-2-3-8-18)11-14-7-9-19(12)17(13)14/h10-11H,1-9H2. The van der Waals surface area contributed by atoms with E-state index in [4.69, 9.17) is 11.6 Å². The fourth-order valence-electron chi connectivity index (χ4n) is 3.25. The lowest BCUT2D eigenvalue weighted by Crippen LogP contribution is -2.24. The van der Waals surface area contributed by atoms with Crippen molar-refractivity contribution < 1.29 is 4.79 Å². The van der Waals surface area contributed by atoms with E-state index in [1.54, 1.807) is 0 Å². The summed E-state index contributed by atoms with van der Waals surface area (Å²) in [6.07, 6.45) is 5.47. The number of carbonyl (C=O) groups excluding carboxylic acids is 1. The second-order valence-electron chi connectivity index (χ2n) is 5.68. The highest BCUT2D eigenvalue weighted by molar-refractivity contribution is 6.17. The average molecular weight is 290 g/mol. The van der Waals surface area contributed by atoms with Gasteiger partial charge in [0.15, 0.2) is 5.78 Å². The first-order valence-corrected chi connectivity index (χ1v) is 7.94. The number of halogens is 1. The molecule has 0 unspecified atom stereocenters. The normalized spacial score (nSPS) is 16.4. The molecule has 3 rings (SSSR count). The van der Waals surface area contributed by atoms with Gasteiger partial charge in [0.2, 0.25) is 0 Å². The summed E-state index contributed by atoms with van der Waals surface area (Å²) in [5.41, 5.74) is 6.09. The van der Waals surface area contributed by atoms with Crippen molar-refractivity contribution in [1.82, 2.24) is 0 Å². The molecule has 0 amide bonds. The van der Waals surface area contributed by atoms with E-state index >= 15 is 0 Å². The van der Waals surface area contributed by atoms with Gasteiger partial charge in [-0.25, -0.2) is 0 Å². The molecule has 0 bridgehead atoms. The van der Waals surface area contributed by atoms with Gasteiger partial charge in [0.25, 0.3) is 0 Å². The van der Waals surface area contributed by atoms with E-state index < -0.39 is 0 Å². The van der Waals surface area contributed by atoms with E-state index in [-0.39, 0.29) is 5.78 Å². The molecule has 1 aromatic carbocycles. The largest absolute Gasteiger partial charge is 0.345 e. The summed E-state index contributed by atoms with van der Waals surface area (Å²) in [4.78, 5) is 14.6. The molecule has 2 aliphatic heterocycles. The molecular formula is C17H20ClNO. The van der Waals surface area contributed by atoms with Crippen LogP contribution in [0.5, 0.6) is 0 Å². The third-order valence-electron chi connectivity index (χ3n) is 4.32. The monoisotopic (exact) mass is 289 g/mol. The number of carbonyl (C=O) groups is 1. The quantitative estimate of drug-likeness (QED) is 0.462. The highest BCUT2D eigenvalue weighted by Gasteiger charge is 2.28. The molecule has 2 aliphatic rings. The van der Waals surface area contributed by atoms with Gasteiger partial charge >= 0.3 is 0 Å². The Labute approximate surface area is 125 Å². The fraction of sp³-hybridized carbons (Fsp3) is 0.471. The smallest absolute Gasteiger partial charge is 0.162 e. The summed E-state index contributed by atoms with van der Waals surface area (Å²) >= 11 is 5.67. The number of benzene rings is 1. The van der Waals surface area contributed by atoms with Crippen LogP contribution in [0, 0.1) is 0 Å². The summed E-state index contributed by atoms with van der Waals surface area (Å²) in [5.74, 6) is 0.900. The Hall–Kier alpha value is -1.28. The Kier molecular flexibility index (Phi) is 3.84. The van der Waals surface area contributed by atoms with Gasteiger partial charge in [0.1, 0.15) is 0 Å². The highest BCUT2D eigenvalue weighted by Crippen LogP contribution is 2.40. The van der Waals surface area contributed by atoms with Crippen LogP contribution in [0.3, 0.4) is 0 Å². The minimum Gasteiger partial charge on any atom is -0.345 e. The molecule has 0 saturated heterocycles. The van der Waals surface area contributed by atoms with Crippen LogP contribution in [0.25, 0.3) is 0 Å². The Bertz CT molecular complexity index is 564. The number of ketones is 1. The lowest BCUT2D eigenvalue weighted by atomic mass is 9.93. The van der Waals surface area contributed by atoms with Crippen molar-refractivity contribution in [3.63, 3.8) is 0 Å². The Morgan fingerprint density at radius 3 is 2.70 bits per heavy atom. The molecule has 1 aromatic rings. The maximum absolute atomic E-state index is 12.3. The molecule has 106 valence electrons. The second-order valence-corrected chi connectivity index (χ2v) is 6.06. The molecule has 2 heterocycles. The van der Waals surface area contributed by atoms with Crippen LogP contribution in [-0.2, 0) is 12.8 Å². The molecule has 20 heavy (non-hydrogen) atoms. The van der Waals surface area contributed by atoms with Crippen molar-refractivity contribution in [1.29, 1.82) is 0 Å². The summed E-state index contributed by atoms with van der Waals surface area (Å²) < 4.78 is 0. The lowest BCUT2D eigenvalue weighted by molar-refractivity contribution is 0.0979. The molecule has 0 saturated carbocycles. The van der Waals surface area contributed by atoms with E-state index in [2.05, 4.69) is 23.6 Å². The first-order chi connectivity index (χ1) is 9.70. The Balaban J connectivity index is 1.86. The van der Waals surface area contributed by atoms with Crippen molar-refractivity contribution in [2.24, 2.45) is 0 Å². The molecular weight excluding hydrogens is 270 g/mol. The topological polar surface area (TPSA) is 20.3 Å². The summed E-state index contributed by atoms with van der Waals surface area (Å²) in [7, 11) is 0. The highest BCUT2D eigenvalue weighted by atomic mass is 35.5. The van der Waals surface area contributed by atoms with Gasteiger partial charge in [0.05, 0.1) is 0 Å². The van der Waals surface area contributed by atoms with E-state index in [0.29, 0.717) is 12.3 Å². The lowest BCUT2D eigenvalue weighted by Gasteiger charge is -2.29. The molecule has 2 nitrogen and oxygen atoms in total. The minimum absolute atomic E-state index is 0.261. The second kappa shape index (κ2) is 5.61. The van der Waals surface area contributed by atoms with Crippen LogP contribution in [0.4, 0.5) is 5.69 Å². The molecule has 3 heteroatoms. The molecule has 0 atom stereocenters. The number of hydrogen-bond donors (Lipinski definition) is 0. The molecule has 0 spiro atoms. The summed E-state index contributed by atoms with van der Waals surface area (Å²) in [5, 5.41) is 0. The molecule has 0 radical (unpaired) electrons. The van der Waals surface area contributed by atoms with Gasteiger partial charge in [-0.15, -0.1) is 11.6 Å². The number of allylic oxidation sites excluding steroid dienone is 1. The van der Waals surface area contributed by atoms with E-state index in [0.717, 1.165) is 44.2 Å². The van der Waals surface area contributed by atoms with Crippen molar-refractivity contribution in [3.8, 4) is 0 Å². The van der Waals surface area contributed by atoms with E-state index in [1.807, 2.05) is 0 Å². The predicted molar refractivity (Wildman–Crippen MR) is 83.9 cm³/mol. The van der Waals surface area contributed by atoms with Crippen molar-refractivity contribution >= 4 is 23.1 Å². The minimum atomic E-state index is 0.261. The maximum atomic E-state index is 12.3. The SMILES string of the molecule is C=C1CCc2cc(C(=O)CCCCCl)cc3c2N1CC3. The van der Waals surface area contributed by atoms with Crippen LogP contribution in [0.2, 0.25) is 0 Å². The Morgan fingerprint density at radius 1 is 1.20 bits per heavy atom. The number of hydrogen-bond acceptors (Lipinski definition) is 2. The predicted octanol–water partition coefficient (Wildman–Crippen LogP) is 4.10. The van der Waals surface area contributed by atoms with Gasteiger partial charge in [-0.1, -0.05) is 6.58 Å². The van der Waals surface area contributed by atoms with Gasteiger partial charge in [0, 0.05) is 35.8 Å². The van der Waals surface area contributed by atoms with Crippen molar-refractivity contribution in [3.05, 3.63) is 41.1 Å². The zero-order valence-corrected chi connectivity index (χ0v) is 12.5. The maximum Gasteiger partial charge on any atom is 0.162 e. The van der Waals surface area contributed by atoms with Crippen LogP contribution < -0.4 is 4.90 Å².